The Hall–Kier alpha value is -1.00. The molecule has 1 fully saturated rings. The number of hydrogen-bond donors (Lipinski definition) is 2. The second kappa shape index (κ2) is 6.84. The third-order valence-corrected chi connectivity index (χ3v) is 5.75. The van der Waals surface area contributed by atoms with Crippen molar-refractivity contribution in [2.45, 2.75) is 4.90 Å². The molecule has 1 aromatic carbocycles. The number of benzene rings is 1. The van der Waals surface area contributed by atoms with Crippen molar-refractivity contribution in [3.05, 3.63) is 28.7 Å². The van der Waals surface area contributed by atoms with E-state index in [0.717, 1.165) is 4.47 Å². The molecule has 9 heteroatoms. The number of nitrogens with zero attached hydrogens (tertiary/aromatic N) is 2. The summed E-state index contributed by atoms with van der Waals surface area (Å²) in [4.78, 5) is 13.3. The average molecular weight is 377 g/mol. The molecule has 0 aromatic heterocycles. The molecule has 1 aliphatic rings. The van der Waals surface area contributed by atoms with E-state index in [-0.39, 0.29) is 17.3 Å². The Bertz CT molecular complexity index is 597. The van der Waals surface area contributed by atoms with E-state index < -0.39 is 10.0 Å². The summed E-state index contributed by atoms with van der Waals surface area (Å²) in [7, 11) is -3.48. The third-order valence-electron chi connectivity index (χ3n) is 3.31. The van der Waals surface area contributed by atoms with Crippen LogP contribution in [0.5, 0.6) is 0 Å². The maximum absolute atomic E-state index is 12.5. The standard InChI is InChI=1S/C12H17BrN4O3S/c13-10-1-3-11(4-2-10)21(19,20)17-7-5-16(6-8-17)9-12(18)15-14/h1-4H,5-9,14H2,(H,15,18). The molecule has 1 aliphatic heterocycles. The molecule has 0 radical (unpaired) electrons. The third kappa shape index (κ3) is 4.01. The molecule has 21 heavy (non-hydrogen) atoms. The minimum absolute atomic E-state index is 0.183. The van der Waals surface area contributed by atoms with Crippen molar-refractivity contribution in [3.63, 3.8) is 0 Å². The molecule has 0 atom stereocenters. The van der Waals surface area contributed by atoms with Crippen molar-refractivity contribution in [2.75, 3.05) is 32.7 Å². The van der Waals surface area contributed by atoms with Crippen LogP contribution >= 0.6 is 15.9 Å². The number of sulfonamides is 1. The van der Waals surface area contributed by atoms with Gasteiger partial charge in [0.25, 0.3) is 0 Å². The lowest BCUT2D eigenvalue weighted by molar-refractivity contribution is -0.122. The molecule has 0 unspecified atom stereocenters. The van der Waals surface area contributed by atoms with Crippen LogP contribution in [-0.4, -0.2) is 56.3 Å². The molecule has 0 saturated carbocycles. The number of hydrogen-bond acceptors (Lipinski definition) is 5. The van der Waals surface area contributed by atoms with Crippen molar-refractivity contribution in [1.82, 2.24) is 14.6 Å². The van der Waals surface area contributed by atoms with Gasteiger partial charge in [-0.2, -0.15) is 4.31 Å². The van der Waals surface area contributed by atoms with Crippen molar-refractivity contribution < 1.29 is 13.2 Å². The van der Waals surface area contributed by atoms with Gasteiger partial charge in [-0.3, -0.25) is 15.1 Å². The number of amides is 1. The van der Waals surface area contributed by atoms with Crippen LogP contribution in [0.4, 0.5) is 0 Å². The Balaban J connectivity index is 2.01. The minimum atomic E-state index is -3.48. The minimum Gasteiger partial charge on any atom is -0.293 e. The van der Waals surface area contributed by atoms with E-state index in [1.807, 2.05) is 4.90 Å². The smallest absolute Gasteiger partial charge is 0.248 e. The first-order chi connectivity index (χ1) is 9.93. The monoisotopic (exact) mass is 376 g/mol. The Morgan fingerprint density at radius 1 is 1.19 bits per heavy atom. The number of carbonyl (C=O) groups is 1. The molecule has 1 amide bonds. The quantitative estimate of drug-likeness (QED) is 0.429. The molecule has 116 valence electrons. The first-order valence-corrected chi connectivity index (χ1v) is 8.64. The molecule has 2 rings (SSSR count). The Kier molecular flexibility index (Phi) is 5.33. The van der Waals surface area contributed by atoms with Gasteiger partial charge in [0.2, 0.25) is 15.9 Å². The van der Waals surface area contributed by atoms with Gasteiger partial charge < -0.3 is 0 Å². The van der Waals surface area contributed by atoms with Crippen LogP contribution < -0.4 is 11.3 Å². The van der Waals surface area contributed by atoms with Gasteiger partial charge in [-0.15, -0.1) is 0 Å². The zero-order valence-corrected chi connectivity index (χ0v) is 13.7. The first-order valence-electron chi connectivity index (χ1n) is 6.41. The lowest BCUT2D eigenvalue weighted by Gasteiger charge is -2.33. The summed E-state index contributed by atoms with van der Waals surface area (Å²) in [5.74, 6) is 4.76. The van der Waals surface area contributed by atoms with Crippen LogP contribution in [0.3, 0.4) is 0 Å². The van der Waals surface area contributed by atoms with Gasteiger partial charge >= 0.3 is 0 Å². The Morgan fingerprint density at radius 2 is 1.76 bits per heavy atom. The van der Waals surface area contributed by atoms with E-state index in [2.05, 4.69) is 21.4 Å². The van der Waals surface area contributed by atoms with Crippen molar-refractivity contribution in [1.29, 1.82) is 0 Å². The highest BCUT2D eigenvalue weighted by molar-refractivity contribution is 9.10. The second-order valence-electron chi connectivity index (χ2n) is 4.70. The van der Waals surface area contributed by atoms with Crippen LogP contribution in [0, 0.1) is 0 Å². The highest BCUT2D eigenvalue weighted by atomic mass is 79.9. The maximum atomic E-state index is 12.5. The molecule has 0 spiro atoms. The molecule has 1 aromatic rings. The van der Waals surface area contributed by atoms with Crippen LogP contribution in [0.25, 0.3) is 0 Å². The van der Waals surface area contributed by atoms with Gasteiger partial charge in [0, 0.05) is 30.7 Å². The van der Waals surface area contributed by atoms with Crippen LogP contribution in [0.15, 0.2) is 33.6 Å². The van der Waals surface area contributed by atoms with E-state index in [9.17, 15) is 13.2 Å². The van der Waals surface area contributed by atoms with Crippen LogP contribution in [0.2, 0.25) is 0 Å². The van der Waals surface area contributed by atoms with Crippen LogP contribution in [-0.2, 0) is 14.8 Å². The summed E-state index contributed by atoms with van der Waals surface area (Å²) in [5.41, 5.74) is 2.07. The Morgan fingerprint density at radius 3 is 2.29 bits per heavy atom. The van der Waals surface area contributed by atoms with Crippen LogP contribution in [0.1, 0.15) is 0 Å². The highest BCUT2D eigenvalue weighted by Gasteiger charge is 2.28. The lowest BCUT2D eigenvalue weighted by Crippen LogP contribution is -2.51. The fraction of sp³-hybridized carbons (Fsp3) is 0.417. The summed E-state index contributed by atoms with van der Waals surface area (Å²) in [6.45, 7) is 1.90. The van der Waals surface area contributed by atoms with E-state index >= 15 is 0 Å². The number of hydrazine groups is 1. The van der Waals surface area contributed by atoms with E-state index in [0.29, 0.717) is 26.2 Å². The Labute approximate surface area is 132 Å². The predicted octanol–water partition coefficient (Wildman–Crippen LogP) is -0.255. The topological polar surface area (TPSA) is 95.7 Å². The van der Waals surface area contributed by atoms with E-state index in [1.54, 1.807) is 24.3 Å². The zero-order chi connectivity index (χ0) is 15.5. The van der Waals surface area contributed by atoms with Crippen molar-refractivity contribution in [2.24, 2.45) is 5.84 Å². The number of halogens is 1. The largest absolute Gasteiger partial charge is 0.293 e. The lowest BCUT2D eigenvalue weighted by atomic mass is 10.3. The number of carbonyl (C=O) groups excluding carboxylic acids is 1. The van der Waals surface area contributed by atoms with Gasteiger partial charge in [-0.1, -0.05) is 15.9 Å². The first kappa shape index (κ1) is 16.4. The molecule has 3 N–H and O–H groups in total. The maximum Gasteiger partial charge on any atom is 0.248 e. The molecule has 7 nitrogen and oxygen atoms in total. The number of nitrogens with one attached hydrogen (secondary N) is 1. The highest BCUT2D eigenvalue weighted by Crippen LogP contribution is 2.19. The van der Waals surface area contributed by atoms with Gasteiger partial charge in [-0.25, -0.2) is 14.3 Å². The van der Waals surface area contributed by atoms with Gasteiger partial charge in [0.05, 0.1) is 11.4 Å². The normalized spacial score (nSPS) is 17.6. The van der Waals surface area contributed by atoms with Gasteiger partial charge in [0.1, 0.15) is 0 Å². The van der Waals surface area contributed by atoms with Crippen molar-refractivity contribution in [3.8, 4) is 0 Å². The fourth-order valence-corrected chi connectivity index (χ4v) is 3.82. The summed E-state index contributed by atoms with van der Waals surface area (Å²) < 4.78 is 27.2. The molecule has 0 aliphatic carbocycles. The second-order valence-corrected chi connectivity index (χ2v) is 7.56. The number of piperazine rings is 1. The zero-order valence-electron chi connectivity index (χ0n) is 11.3. The summed E-state index contributed by atoms with van der Waals surface area (Å²) in [6.07, 6.45) is 0. The molecule has 1 heterocycles. The summed E-state index contributed by atoms with van der Waals surface area (Å²) >= 11 is 3.28. The molecular weight excluding hydrogens is 360 g/mol. The molecule has 0 bridgehead atoms. The van der Waals surface area contributed by atoms with E-state index in [4.69, 9.17) is 5.84 Å². The fourth-order valence-electron chi connectivity index (χ4n) is 2.13. The number of rotatable bonds is 4. The van der Waals surface area contributed by atoms with Gasteiger partial charge in [-0.05, 0) is 24.3 Å². The van der Waals surface area contributed by atoms with Crippen molar-refractivity contribution >= 4 is 31.9 Å². The SMILES string of the molecule is NNC(=O)CN1CCN(S(=O)(=O)c2ccc(Br)cc2)CC1. The predicted molar refractivity (Wildman–Crippen MR) is 81.7 cm³/mol. The summed E-state index contributed by atoms with van der Waals surface area (Å²) in [6, 6.07) is 6.56. The molecular formula is C12H17BrN4O3S. The van der Waals surface area contributed by atoms with E-state index in [1.165, 1.54) is 4.31 Å². The number of nitrogens with two attached hydrogens (primary N) is 1. The van der Waals surface area contributed by atoms with Gasteiger partial charge in [0.15, 0.2) is 0 Å². The molecule has 1 saturated heterocycles. The average Bonchev–Trinajstić information content (AvgIpc) is 2.48. The summed E-state index contributed by atoms with van der Waals surface area (Å²) in [5, 5.41) is 0.